The Balaban J connectivity index is 1.69. The Morgan fingerprint density at radius 1 is 0.444 bits per heavy atom. The highest BCUT2D eigenvalue weighted by atomic mass is 79.9. The second-order valence-electron chi connectivity index (χ2n) is 7.71. The summed E-state index contributed by atoms with van der Waals surface area (Å²) in [6.07, 6.45) is 0. The average Bonchev–Trinajstić information content (AvgIpc) is 2.87. The number of hydrogen-bond acceptors (Lipinski definition) is 6. The molecule has 6 nitrogen and oxygen atoms in total. The van der Waals surface area contributed by atoms with Gasteiger partial charge in [0.05, 0.1) is 38.4 Å². The quantitative estimate of drug-likeness (QED) is 0.164. The number of methoxy groups -OCH3 is 3. The molecule has 0 radical (unpaired) electrons. The smallest absolute Gasteiger partial charge is 0.120 e. The molecule has 0 bridgehead atoms. The van der Waals surface area contributed by atoms with E-state index in [0.717, 1.165) is 64.8 Å². The van der Waals surface area contributed by atoms with E-state index in [9.17, 15) is 0 Å². The fourth-order valence-corrected chi connectivity index (χ4v) is 4.85. The zero-order valence-corrected chi connectivity index (χ0v) is 24.5. The molecule has 0 atom stereocenters. The number of ether oxygens (including phenoxy) is 3. The Morgan fingerprint density at radius 2 is 0.722 bits per heavy atom. The summed E-state index contributed by atoms with van der Waals surface area (Å²) in [5, 5.41) is 10.5. The van der Waals surface area contributed by atoms with Crippen LogP contribution in [0.25, 0.3) is 0 Å². The van der Waals surface area contributed by atoms with E-state index in [1.165, 1.54) is 0 Å². The van der Waals surface area contributed by atoms with Crippen molar-refractivity contribution in [3.63, 3.8) is 0 Å². The van der Waals surface area contributed by atoms with Crippen LogP contribution >= 0.6 is 47.8 Å². The second-order valence-corrected chi connectivity index (χ2v) is 10.3. The molecule has 4 rings (SSSR count). The summed E-state index contributed by atoms with van der Waals surface area (Å²) in [6, 6.07) is 23.5. The third-order valence-corrected chi connectivity index (χ3v) is 7.27. The normalized spacial score (nSPS) is 10.5. The Morgan fingerprint density at radius 3 is 0.944 bits per heavy atom. The fraction of sp³-hybridized carbons (Fsp3) is 0.111. The molecule has 0 fully saturated rings. The van der Waals surface area contributed by atoms with Crippen molar-refractivity contribution in [2.24, 2.45) is 0 Å². The highest BCUT2D eigenvalue weighted by Gasteiger charge is 2.10. The topological polar surface area (TPSA) is 63.8 Å². The van der Waals surface area contributed by atoms with Gasteiger partial charge in [-0.1, -0.05) is 0 Å². The molecule has 0 unspecified atom stereocenters. The Labute approximate surface area is 235 Å². The molecule has 9 heteroatoms. The minimum absolute atomic E-state index is 0.777. The molecule has 0 aliphatic heterocycles. The molecule has 0 aliphatic carbocycles. The van der Waals surface area contributed by atoms with Gasteiger partial charge < -0.3 is 30.2 Å². The predicted molar refractivity (Wildman–Crippen MR) is 158 cm³/mol. The predicted octanol–water partition coefficient (Wildman–Crippen LogP) is 9.23. The van der Waals surface area contributed by atoms with Crippen molar-refractivity contribution in [1.82, 2.24) is 0 Å². The highest BCUT2D eigenvalue weighted by Crippen LogP contribution is 2.36. The lowest BCUT2D eigenvalue weighted by molar-refractivity contribution is 0.414. The molecule has 0 heterocycles. The maximum absolute atomic E-state index is 5.32. The Hall–Kier alpha value is -2.88. The van der Waals surface area contributed by atoms with E-state index in [1.54, 1.807) is 21.3 Å². The van der Waals surface area contributed by atoms with Gasteiger partial charge in [-0.3, -0.25) is 0 Å². The van der Waals surface area contributed by atoms with Gasteiger partial charge in [0, 0.05) is 30.5 Å². The molecule has 0 saturated carbocycles. The van der Waals surface area contributed by atoms with Gasteiger partial charge >= 0.3 is 0 Å². The third kappa shape index (κ3) is 6.46. The van der Waals surface area contributed by atoms with Crippen LogP contribution in [0.4, 0.5) is 34.1 Å². The Bertz CT molecular complexity index is 1200. The Kier molecular flexibility index (Phi) is 8.66. The molecule has 0 saturated heterocycles. The van der Waals surface area contributed by atoms with Crippen LogP contribution in [0.5, 0.6) is 17.2 Å². The second kappa shape index (κ2) is 11.9. The molecular weight excluding hydrogens is 654 g/mol. The summed E-state index contributed by atoms with van der Waals surface area (Å²) >= 11 is 10.9. The SMILES string of the molecule is COc1ccc(Nc2cc(Nc3ccc(OC)cc3Br)cc(Nc3ccc(OC)cc3Br)c2)c(Br)c1. The lowest BCUT2D eigenvalue weighted by Crippen LogP contribution is -1.99. The van der Waals surface area contributed by atoms with Gasteiger partial charge in [0.25, 0.3) is 0 Å². The maximum Gasteiger partial charge on any atom is 0.120 e. The summed E-state index contributed by atoms with van der Waals surface area (Å²) in [6.45, 7) is 0. The van der Waals surface area contributed by atoms with E-state index >= 15 is 0 Å². The standard InChI is InChI=1S/C27H24Br3N3O3/c1-34-19-4-7-25(22(28)13-19)31-16-10-17(32-26-8-5-20(35-2)14-23(26)29)12-18(11-16)33-27-9-6-21(36-3)15-24(27)30/h4-15,31-33H,1-3H3. The summed E-state index contributed by atoms with van der Waals surface area (Å²) < 4.78 is 18.6. The van der Waals surface area contributed by atoms with Crippen LogP contribution in [0.2, 0.25) is 0 Å². The van der Waals surface area contributed by atoms with E-state index in [2.05, 4.69) is 63.7 Å². The van der Waals surface area contributed by atoms with Crippen LogP contribution in [0.3, 0.4) is 0 Å². The molecule has 0 amide bonds. The highest BCUT2D eigenvalue weighted by molar-refractivity contribution is 9.11. The van der Waals surface area contributed by atoms with E-state index in [1.807, 2.05) is 72.8 Å². The molecule has 0 spiro atoms. The van der Waals surface area contributed by atoms with Gasteiger partial charge in [0.1, 0.15) is 17.2 Å². The molecule has 0 aromatic heterocycles. The van der Waals surface area contributed by atoms with Crippen molar-refractivity contribution >= 4 is 81.9 Å². The maximum atomic E-state index is 5.32. The zero-order valence-electron chi connectivity index (χ0n) is 19.8. The average molecular weight is 678 g/mol. The zero-order chi connectivity index (χ0) is 25.7. The van der Waals surface area contributed by atoms with E-state index in [-0.39, 0.29) is 0 Å². The van der Waals surface area contributed by atoms with E-state index < -0.39 is 0 Å². The van der Waals surface area contributed by atoms with Crippen LogP contribution in [-0.4, -0.2) is 21.3 Å². The van der Waals surface area contributed by atoms with Gasteiger partial charge in [-0.2, -0.15) is 0 Å². The first-order chi connectivity index (χ1) is 17.4. The first kappa shape index (κ1) is 26.2. The van der Waals surface area contributed by atoms with E-state index in [0.29, 0.717) is 0 Å². The number of halogens is 3. The van der Waals surface area contributed by atoms with Crippen molar-refractivity contribution in [2.75, 3.05) is 37.3 Å². The van der Waals surface area contributed by atoms with Crippen LogP contribution < -0.4 is 30.2 Å². The number of benzene rings is 4. The first-order valence-corrected chi connectivity index (χ1v) is 13.2. The van der Waals surface area contributed by atoms with Gasteiger partial charge in [0.2, 0.25) is 0 Å². The number of rotatable bonds is 9. The number of nitrogens with one attached hydrogen (secondary N) is 3. The summed E-state index contributed by atoms with van der Waals surface area (Å²) in [5.74, 6) is 2.33. The minimum atomic E-state index is 0.777. The molecule has 4 aromatic carbocycles. The van der Waals surface area contributed by atoms with Crippen molar-refractivity contribution in [3.05, 3.63) is 86.2 Å². The summed E-state index contributed by atoms with van der Waals surface area (Å²) in [4.78, 5) is 0. The minimum Gasteiger partial charge on any atom is -0.497 e. The van der Waals surface area contributed by atoms with Crippen molar-refractivity contribution in [3.8, 4) is 17.2 Å². The monoisotopic (exact) mass is 675 g/mol. The van der Waals surface area contributed by atoms with Crippen LogP contribution in [0.15, 0.2) is 86.2 Å². The molecular formula is C27H24Br3N3O3. The first-order valence-electron chi connectivity index (χ1n) is 10.9. The van der Waals surface area contributed by atoms with Crippen LogP contribution in [-0.2, 0) is 0 Å². The molecule has 186 valence electrons. The molecule has 4 aromatic rings. The van der Waals surface area contributed by atoms with Crippen LogP contribution in [0.1, 0.15) is 0 Å². The fourth-order valence-electron chi connectivity index (χ4n) is 3.48. The van der Waals surface area contributed by atoms with E-state index in [4.69, 9.17) is 14.2 Å². The summed E-state index contributed by atoms with van der Waals surface area (Å²) in [7, 11) is 4.95. The van der Waals surface area contributed by atoms with Crippen molar-refractivity contribution in [2.45, 2.75) is 0 Å². The molecule has 36 heavy (non-hydrogen) atoms. The van der Waals surface area contributed by atoms with Crippen molar-refractivity contribution in [1.29, 1.82) is 0 Å². The number of anilines is 6. The van der Waals surface area contributed by atoms with Crippen molar-refractivity contribution < 1.29 is 14.2 Å². The third-order valence-electron chi connectivity index (χ3n) is 5.30. The lowest BCUT2D eigenvalue weighted by atomic mass is 10.2. The lowest BCUT2D eigenvalue weighted by Gasteiger charge is -2.17. The number of hydrogen-bond donors (Lipinski definition) is 3. The van der Waals surface area contributed by atoms with Gasteiger partial charge in [-0.05, 0) is 121 Å². The van der Waals surface area contributed by atoms with Crippen LogP contribution in [0, 0.1) is 0 Å². The summed E-state index contributed by atoms with van der Waals surface area (Å²) in [5.41, 5.74) is 5.41. The van der Waals surface area contributed by atoms with Gasteiger partial charge in [0.15, 0.2) is 0 Å². The van der Waals surface area contributed by atoms with Gasteiger partial charge in [-0.25, -0.2) is 0 Å². The molecule has 3 N–H and O–H groups in total. The van der Waals surface area contributed by atoms with Gasteiger partial charge in [-0.15, -0.1) is 0 Å². The molecule has 0 aliphatic rings. The largest absolute Gasteiger partial charge is 0.497 e.